The van der Waals surface area contributed by atoms with Crippen LogP contribution in [0.1, 0.15) is 43.0 Å². The summed E-state index contributed by atoms with van der Waals surface area (Å²) in [4.78, 5) is 26.9. The molecule has 1 aromatic carbocycles. The van der Waals surface area contributed by atoms with Gasteiger partial charge in [-0.05, 0) is 67.1 Å². The number of aryl methyl sites for hydroxylation is 3. The Bertz CT molecular complexity index is 1640. The maximum atomic E-state index is 14.4. The van der Waals surface area contributed by atoms with Gasteiger partial charge in [-0.15, -0.1) is 16.4 Å². The lowest BCUT2D eigenvalue weighted by Gasteiger charge is -2.45. The van der Waals surface area contributed by atoms with Crippen LogP contribution in [0.15, 0.2) is 21.8 Å². The fraction of sp³-hybridized carbons (Fsp3) is 0.464. The molecule has 1 aliphatic heterocycles. The van der Waals surface area contributed by atoms with Crippen molar-refractivity contribution < 1.29 is 13.6 Å². The van der Waals surface area contributed by atoms with E-state index in [4.69, 9.17) is 5.73 Å². The Morgan fingerprint density at radius 1 is 1.27 bits per heavy atom. The number of anilines is 1. The van der Waals surface area contributed by atoms with Gasteiger partial charge in [0.1, 0.15) is 27.2 Å². The first kappa shape index (κ1) is 29.8. The second-order valence-corrected chi connectivity index (χ2v) is 14.0. The van der Waals surface area contributed by atoms with Crippen LogP contribution in [0.5, 0.6) is 0 Å². The summed E-state index contributed by atoms with van der Waals surface area (Å²) >= 11 is 6.01. The van der Waals surface area contributed by atoms with Crippen molar-refractivity contribution in [3.05, 3.63) is 44.6 Å². The molecule has 1 atom stereocenters. The average Bonchev–Trinajstić information content (AvgIpc) is 3.51. The number of amides is 1. The van der Waals surface area contributed by atoms with Gasteiger partial charge in [0.2, 0.25) is 5.91 Å². The van der Waals surface area contributed by atoms with Crippen LogP contribution in [-0.2, 0) is 11.3 Å². The summed E-state index contributed by atoms with van der Waals surface area (Å²) in [5, 5.41) is 10.3. The molecule has 4 heterocycles. The van der Waals surface area contributed by atoms with E-state index < -0.39 is 11.6 Å². The third-order valence-corrected chi connectivity index (χ3v) is 10.9. The molecule has 1 fully saturated rings. The van der Waals surface area contributed by atoms with Gasteiger partial charge in [0.05, 0.1) is 28.7 Å². The number of nitrogens with zero attached hydrogens (tertiary/aromatic N) is 6. The normalized spacial score (nSPS) is 17.6. The van der Waals surface area contributed by atoms with Crippen molar-refractivity contribution in [3.63, 3.8) is 0 Å². The minimum Gasteiger partial charge on any atom is -0.396 e. The minimum absolute atomic E-state index is 0.0709. The first-order valence-corrected chi connectivity index (χ1v) is 16.0. The quantitative estimate of drug-likeness (QED) is 0.103. The number of hydrogen-bond donors (Lipinski definition) is 1. The number of aromatic nitrogens is 5. The third kappa shape index (κ3) is 5.72. The second kappa shape index (κ2) is 11.6. The number of hydrogen-bond acceptors (Lipinski definition) is 8. The maximum Gasteiger partial charge on any atom is 0.233 e. The molecule has 2 N–H and O–H groups in total. The largest absolute Gasteiger partial charge is 0.396 e. The van der Waals surface area contributed by atoms with Gasteiger partial charge in [-0.2, -0.15) is 0 Å². The zero-order valence-electron chi connectivity index (χ0n) is 23.6. The number of fused-ring (bicyclic) bond motifs is 1. The molecule has 0 bridgehead atoms. The Hall–Kier alpha value is -2.64. The predicted octanol–water partition coefficient (Wildman–Crippen LogP) is 6.56. The number of carbonyl (C=O) groups is 1. The number of piperidine rings is 1. The topological polar surface area (TPSA) is 103 Å². The minimum atomic E-state index is -0.866. The van der Waals surface area contributed by atoms with Gasteiger partial charge in [-0.1, -0.05) is 30.8 Å². The average molecular weight is 665 g/mol. The Kier molecular flexibility index (Phi) is 8.41. The van der Waals surface area contributed by atoms with E-state index in [1.54, 1.807) is 22.2 Å². The number of thiophene rings is 1. The Labute approximate surface area is 254 Å². The highest BCUT2D eigenvalue weighted by molar-refractivity contribution is 9.10. The first-order valence-electron chi connectivity index (χ1n) is 13.4. The molecule has 8 nitrogen and oxygen atoms in total. The third-order valence-electron chi connectivity index (χ3n) is 8.12. The predicted molar refractivity (Wildman–Crippen MR) is 163 cm³/mol. The first-order chi connectivity index (χ1) is 19.4. The highest BCUT2D eigenvalue weighted by Gasteiger charge is 2.40. The summed E-state index contributed by atoms with van der Waals surface area (Å²) in [7, 11) is 0. The van der Waals surface area contributed by atoms with E-state index in [2.05, 4.69) is 63.9 Å². The number of nitrogen functional groups attached to an aromatic ring is 1. The van der Waals surface area contributed by atoms with Gasteiger partial charge in [-0.3, -0.25) is 9.48 Å². The van der Waals surface area contributed by atoms with E-state index in [0.717, 1.165) is 34.2 Å². The van der Waals surface area contributed by atoms with Crippen LogP contribution < -0.4 is 5.73 Å². The molecule has 41 heavy (non-hydrogen) atoms. The highest BCUT2D eigenvalue weighted by Crippen LogP contribution is 2.40. The van der Waals surface area contributed by atoms with E-state index >= 15 is 0 Å². The van der Waals surface area contributed by atoms with Crippen LogP contribution >= 0.6 is 39.0 Å². The SMILES string of the molecule is Cc1nc(SCC(=O)N2CCCC(Cn3cc(-c4cc(F)c(Br)c(F)c4N)nn3)(C(C)C)C2)c2c(C)c(C)sc2n1. The van der Waals surface area contributed by atoms with Gasteiger partial charge in [-0.25, -0.2) is 18.7 Å². The van der Waals surface area contributed by atoms with Crippen molar-refractivity contribution >= 4 is 60.8 Å². The number of halogens is 3. The van der Waals surface area contributed by atoms with Crippen molar-refractivity contribution in [3.8, 4) is 11.3 Å². The monoisotopic (exact) mass is 663 g/mol. The lowest BCUT2D eigenvalue weighted by atomic mass is 9.71. The number of carbonyl (C=O) groups excluding carboxylic acids is 1. The zero-order chi connectivity index (χ0) is 29.6. The molecule has 1 aliphatic rings. The van der Waals surface area contributed by atoms with E-state index in [1.807, 2.05) is 11.8 Å². The second-order valence-electron chi connectivity index (χ2n) is 11.0. The van der Waals surface area contributed by atoms with Crippen molar-refractivity contribution in [2.75, 3.05) is 24.6 Å². The van der Waals surface area contributed by atoms with Crippen molar-refractivity contribution in [2.24, 2.45) is 11.3 Å². The number of benzene rings is 1. The van der Waals surface area contributed by atoms with Crippen molar-refractivity contribution in [2.45, 2.75) is 59.0 Å². The molecule has 0 spiro atoms. The molecule has 218 valence electrons. The Morgan fingerprint density at radius 2 is 2.02 bits per heavy atom. The number of thioether (sulfide) groups is 1. The van der Waals surface area contributed by atoms with Gasteiger partial charge in [0.15, 0.2) is 5.82 Å². The summed E-state index contributed by atoms with van der Waals surface area (Å²) in [5.74, 6) is -0.320. The zero-order valence-corrected chi connectivity index (χ0v) is 26.8. The smallest absolute Gasteiger partial charge is 0.233 e. The number of rotatable bonds is 7. The lowest BCUT2D eigenvalue weighted by molar-refractivity contribution is -0.133. The van der Waals surface area contributed by atoms with Gasteiger partial charge in [0, 0.05) is 34.3 Å². The summed E-state index contributed by atoms with van der Waals surface area (Å²) in [6, 6.07) is 1.15. The molecule has 0 aliphatic carbocycles. The van der Waals surface area contributed by atoms with E-state index in [1.165, 1.54) is 22.2 Å². The fourth-order valence-corrected chi connectivity index (χ4v) is 7.94. The highest BCUT2D eigenvalue weighted by atomic mass is 79.9. The van der Waals surface area contributed by atoms with Crippen molar-refractivity contribution in [1.82, 2.24) is 29.9 Å². The van der Waals surface area contributed by atoms with Crippen LogP contribution in [0.25, 0.3) is 21.5 Å². The fourth-order valence-electron chi connectivity index (χ4n) is 5.44. The maximum absolute atomic E-state index is 14.4. The molecule has 1 unspecified atom stereocenters. The van der Waals surface area contributed by atoms with Crippen LogP contribution in [0.3, 0.4) is 0 Å². The standard InChI is InChI=1S/C28H32BrF2N7OS2/c1-14(2)28(13-38-10-20(35-36-38)18-9-19(30)23(29)24(31)25(18)32)7-6-8-37(12-28)21(39)11-40-26-22-15(3)16(4)41-27(22)34-17(5)33-26/h9-10,14H,6-8,11-13,32H2,1-5H3. The van der Waals surface area contributed by atoms with E-state index in [0.29, 0.717) is 31.2 Å². The molecular formula is C28H32BrF2N7OS2. The molecule has 4 aromatic rings. The van der Waals surface area contributed by atoms with Crippen LogP contribution in [0, 0.1) is 43.7 Å². The molecule has 13 heteroatoms. The van der Waals surface area contributed by atoms with Crippen LogP contribution in [-0.4, -0.2) is 54.6 Å². The summed E-state index contributed by atoms with van der Waals surface area (Å²) in [5.41, 5.74) is 7.08. The van der Waals surface area contributed by atoms with Crippen LogP contribution in [0.2, 0.25) is 0 Å². The summed E-state index contributed by atoms with van der Waals surface area (Å²) < 4.78 is 30.0. The van der Waals surface area contributed by atoms with Gasteiger partial charge < -0.3 is 10.6 Å². The molecule has 5 rings (SSSR count). The molecule has 0 radical (unpaired) electrons. The Morgan fingerprint density at radius 3 is 2.76 bits per heavy atom. The number of likely N-dealkylation sites (tertiary alicyclic amines) is 1. The van der Waals surface area contributed by atoms with Gasteiger partial charge >= 0.3 is 0 Å². The Balaban J connectivity index is 1.33. The lowest BCUT2D eigenvalue weighted by Crippen LogP contribution is -2.51. The van der Waals surface area contributed by atoms with Crippen LogP contribution in [0.4, 0.5) is 14.5 Å². The van der Waals surface area contributed by atoms with Crippen molar-refractivity contribution in [1.29, 1.82) is 0 Å². The molecule has 0 saturated carbocycles. The molecule has 1 amide bonds. The summed E-state index contributed by atoms with van der Waals surface area (Å²) in [6.45, 7) is 12.1. The molecule has 1 saturated heterocycles. The van der Waals surface area contributed by atoms with Gasteiger partial charge in [0.25, 0.3) is 0 Å². The molecule has 3 aromatic heterocycles. The molecular weight excluding hydrogens is 632 g/mol. The summed E-state index contributed by atoms with van der Waals surface area (Å²) in [6.07, 6.45) is 3.44. The number of nitrogens with two attached hydrogens (primary N) is 1. The van der Waals surface area contributed by atoms with E-state index in [-0.39, 0.29) is 38.7 Å². The van der Waals surface area contributed by atoms with E-state index in [9.17, 15) is 13.6 Å².